The second-order valence-electron chi connectivity index (χ2n) is 4.49. The maximum absolute atomic E-state index is 6.02. The van der Waals surface area contributed by atoms with Crippen LogP contribution in [0.2, 0.25) is 10.0 Å². The van der Waals surface area contributed by atoms with Gasteiger partial charge in [-0.1, -0.05) is 41.4 Å². The predicted octanol–water partition coefficient (Wildman–Crippen LogP) is 5.07. The van der Waals surface area contributed by atoms with E-state index in [0.717, 1.165) is 22.9 Å². The van der Waals surface area contributed by atoms with E-state index in [4.69, 9.17) is 23.2 Å². The summed E-state index contributed by atoms with van der Waals surface area (Å²) in [6.45, 7) is 0. The van der Waals surface area contributed by atoms with Gasteiger partial charge in [-0.25, -0.2) is 0 Å². The van der Waals surface area contributed by atoms with Gasteiger partial charge in [-0.15, -0.1) is 0 Å². The number of aryl methyl sites for hydroxylation is 1. The Morgan fingerprint density at radius 1 is 0.882 bits per heavy atom. The van der Waals surface area contributed by atoms with E-state index in [1.54, 1.807) is 0 Å². The van der Waals surface area contributed by atoms with Gasteiger partial charge in [0.1, 0.15) is 0 Å². The Morgan fingerprint density at radius 3 is 2.35 bits per heavy atom. The van der Waals surface area contributed by atoms with Crippen molar-refractivity contribution in [3.63, 3.8) is 0 Å². The minimum atomic E-state index is 0.500. The molecule has 2 aromatic rings. The van der Waals surface area contributed by atoms with Gasteiger partial charge in [0.15, 0.2) is 0 Å². The van der Waals surface area contributed by atoms with Crippen molar-refractivity contribution in [2.75, 3.05) is 0 Å². The number of benzene rings is 2. The molecule has 1 unspecified atom stereocenters. The smallest absolute Gasteiger partial charge is 0.0408 e. The Bertz CT molecular complexity index is 543. The van der Waals surface area contributed by atoms with Crippen LogP contribution in [-0.4, -0.2) is 0 Å². The summed E-state index contributed by atoms with van der Waals surface area (Å²) in [6.07, 6.45) is 2.28. The van der Waals surface area contributed by atoms with Crippen molar-refractivity contribution in [1.29, 1.82) is 0 Å². The fourth-order valence-corrected chi connectivity index (χ4v) is 2.95. The van der Waals surface area contributed by atoms with E-state index in [9.17, 15) is 0 Å². The first-order valence-electron chi connectivity index (χ1n) is 5.78. The van der Waals surface area contributed by atoms with Crippen LogP contribution in [0.5, 0.6) is 0 Å². The van der Waals surface area contributed by atoms with E-state index in [-0.39, 0.29) is 0 Å². The quantitative estimate of drug-likeness (QED) is 0.673. The second kappa shape index (κ2) is 4.36. The van der Waals surface area contributed by atoms with E-state index in [1.807, 2.05) is 18.2 Å². The molecule has 1 atom stereocenters. The molecular weight excluding hydrogens is 251 g/mol. The van der Waals surface area contributed by atoms with Crippen LogP contribution in [0.4, 0.5) is 0 Å². The zero-order valence-electron chi connectivity index (χ0n) is 9.29. The highest BCUT2D eigenvalue weighted by Crippen LogP contribution is 2.39. The van der Waals surface area contributed by atoms with Gasteiger partial charge >= 0.3 is 0 Å². The maximum atomic E-state index is 6.02. The molecule has 0 bridgehead atoms. The Morgan fingerprint density at radius 2 is 1.59 bits per heavy atom. The number of fused-ring (bicyclic) bond motifs is 1. The molecule has 0 saturated carbocycles. The molecule has 0 nitrogen and oxygen atoms in total. The van der Waals surface area contributed by atoms with E-state index in [1.165, 1.54) is 16.7 Å². The second-order valence-corrected chi connectivity index (χ2v) is 5.36. The summed E-state index contributed by atoms with van der Waals surface area (Å²) in [4.78, 5) is 0. The van der Waals surface area contributed by atoms with Crippen LogP contribution >= 0.6 is 23.2 Å². The van der Waals surface area contributed by atoms with E-state index >= 15 is 0 Å². The average Bonchev–Trinajstić information content (AvgIpc) is 2.73. The Balaban J connectivity index is 2.01. The normalized spacial score (nSPS) is 18.1. The van der Waals surface area contributed by atoms with Gasteiger partial charge in [0.25, 0.3) is 0 Å². The minimum Gasteiger partial charge on any atom is -0.0843 e. The molecule has 86 valence electrons. The number of hydrogen-bond donors (Lipinski definition) is 0. The third-order valence-corrected chi connectivity index (χ3v) is 3.94. The molecule has 0 aliphatic heterocycles. The Kier molecular flexibility index (Phi) is 2.85. The standard InChI is InChI=1S/C15H12Cl2/c16-12-4-1-10(2-5-12)14-7-3-11-9-13(17)6-8-15(11)14/h1-2,4-6,8-9,14H,3,7H2. The third kappa shape index (κ3) is 2.08. The van der Waals surface area contributed by atoms with Crippen molar-refractivity contribution in [3.8, 4) is 0 Å². The summed E-state index contributed by atoms with van der Waals surface area (Å²) in [6, 6.07) is 14.4. The van der Waals surface area contributed by atoms with E-state index in [2.05, 4.69) is 24.3 Å². The summed E-state index contributed by atoms with van der Waals surface area (Å²) in [5, 5.41) is 1.63. The van der Waals surface area contributed by atoms with Crippen LogP contribution in [0.3, 0.4) is 0 Å². The first kappa shape index (κ1) is 11.1. The highest BCUT2D eigenvalue weighted by molar-refractivity contribution is 6.30. The Hall–Kier alpha value is -0.980. The van der Waals surface area contributed by atoms with Crippen LogP contribution in [0.1, 0.15) is 29.0 Å². The van der Waals surface area contributed by atoms with Gasteiger partial charge in [-0.2, -0.15) is 0 Å². The Labute approximate surface area is 111 Å². The average molecular weight is 263 g/mol. The lowest BCUT2D eigenvalue weighted by Gasteiger charge is -2.12. The first-order chi connectivity index (χ1) is 8.24. The molecule has 0 radical (unpaired) electrons. The lowest BCUT2D eigenvalue weighted by molar-refractivity contribution is 0.788. The summed E-state index contributed by atoms with van der Waals surface area (Å²) in [7, 11) is 0. The molecule has 0 aromatic heterocycles. The van der Waals surface area contributed by atoms with Crippen molar-refractivity contribution in [2.45, 2.75) is 18.8 Å². The van der Waals surface area contributed by atoms with Gasteiger partial charge in [0.05, 0.1) is 0 Å². The number of rotatable bonds is 1. The van der Waals surface area contributed by atoms with Crippen molar-refractivity contribution >= 4 is 23.2 Å². The molecule has 0 fully saturated rings. The maximum Gasteiger partial charge on any atom is 0.0408 e. The van der Waals surface area contributed by atoms with Crippen LogP contribution in [0, 0.1) is 0 Å². The topological polar surface area (TPSA) is 0 Å². The van der Waals surface area contributed by atoms with Crippen LogP contribution in [0.25, 0.3) is 0 Å². The molecule has 0 heterocycles. The van der Waals surface area contributed by atoms with Gasteiger partial charge < -0.3 is 0 Å². The largest absolute Gasteiger partial charge is 0.0843 e. The van der Waals surface area contributed by atoms with Crippen molar-refractivity contribution in [3.05, 3.63) is 69.2 Å². The molecule has 2 heteroatoms. The first-order valence-corrected chi connectivity index (χ1v) is 6.53. The molecule has 17 heavy (non-hydrogen) atoms. The molecule has 0 amide bonds. The zero-order valence-corrected chi connectivity index (χ0v) is 10.8. The monoisotopic (exact) mass is 262 g/mol. The molecule has 0 N–H and O–H groups in total. The molecule has 1 aliphatic rings. The van der Waals surface area contributed by atoms with Gasteiger partial charge in [-0.3, -0.25) is 0 Å². The van der Waals surface area contributed by atoms with Crippen LogP contribution in [0.15, 0.2) is 42.5 Å². The lowest BCUT2D eigenvalue weighted by atomic mass is 9.93. The minimum absolute atomic E-state index is 0.500. The van der Waals surface area contributed by atoms with Crippen LogP contribution < -0.4 is 0 Å². The highest BCUT2D eigenvalue weighted by Gasteiger charge is 2.23. The molecule has 0 spiro atoms. The summed E-state index contributed by atoms with van der Waals surface area (Å²) in [5.74, 6) is 0.500. The third-order valence-electron chi connectivity index (χ3n) is 3.46. The highest BCUT2D eigenvalue weighted by atomic mass is 35.5. The van der Waals surface area contributed by atoms with E-state index in [0.29, 0.717) is 5.92 Å². The number of hydrogen-bond acceptors (Lipinski definition) is 0. The molecule has 3 rings (SSSR count). The van der Waals surface area contributed by atoms with Gasteiger partial charge in [0.2, 0.25) is 0 Å². The molecule has 1 aliphatic carbocycles. The van der Waals surface area contributed by atoms with Crippen molar-refractivity contribution in [1.82, 2.24) is 0 Å². The van der Waals surface area contributed by atoms with Crippen molar-refractivity contribution < 1.29 is 0 Å². The SMILES string of the molecule is Clc1ccc(C2CCc3cc(Cl)ccc32)cc1. The summed E-state index contributed by atoms with van der Waals surface area (Å²) < 4.78 is 0. The zero-order chi connectivity index (χ0) is 11.8. The van der Waals surface area contributed by atoms with Crippen molar-refractivity contribution in [2.24, 2.45) is 0 Å². The fraction of sp³-hybridized carbons (Fsp3) is 0.200. The molecule has 2 aromatic carbocycles. The molecular formula is C15H12Cl2. The van der Waals surface area contributed by atoms with Crippen LogP contribution in [-0.2, 0) is 6.42 Å². The fourth-order valence-electron chi connectivity index (χ4n) is 2.63. The predicted molar refractivity (Wildman–Crippen MR) is 73.1 cm³/mol. The van der Waals surface area contributed by atoms with Gasteiger partial charge in [0, 0.05) is 16.0 Å². The lowest BCUT2D eigenvalue weighted by Crippen LogP contribution is -1.95. The van der Waals surface area contributed by atoms with E-state index < -0.39 is 0 Å². The molecule has 0 saturated heterocycles. The number of halogens is 2. The van der Waals surface area contributed by atoms with Gasteiger partial charge in [-0.05, 0) is 53.8 Å². The summed E-state index contributed by atoms with van der Waals surface area (Å²) >= 11 is 11.9. The summed E-state index contributed by atoms with van der Waals surface area (Å²) in [5.41, 5.74) is 4.14.